The maximum atomic E-state index is 9.57. The van der Waals surface area contributed by atoms with Crippen molar-refractivity contribution in [1.82, 2.24) is 4.98 Å². The van der Waals surface area contributed by atoms with Gasteiger partial charge in [0.1, 0.15) is 11.4 Å². The van der Waals surface area contributed by atoms with Crippen molar-refractivity contribution >= 4 is 28.7 Å². The molecule has 0 bridgehead atoms. The molecule has 0 radical (unpaired) electrons. The number of hydrogen-bond acceptors (Lipinski definition) is 4. The van der Waals surface area contributed by atoms with Crippen molar-refractivity contribution in [1.29, 1.82) is 0 Å². The van der Waals surface area contributed by atoms with E-state index in [-0.39, 0.29) is 5.75 Å². The number of nitrogens with zero attached hydrogens (tertiary/aromatic N) is 2. The van der Waals surface area contributed by atoms with Gasteiger partial charge in [-0.2, -0.15) is 0 Å². The van der Waals surface area contributed by atoms with Crippen molar-refractivity contribution in [2.24, 2.45) is 4.99 Å². The number of phenolic OH excluding ortho intramolecular Hbond substituents is 1. The highest BCUT2D eigenvalue weighted by atomic mass is 35.5. The first-order valence-corrected chi connectivity index (χ1v) is 7.36. The van der Waals surface area contributed by atoms with Crippen LogP contribution in [-0.4, -0.2) is 15.8 Å². The van der Waals surface area contributed by atoms with Crippen LogP contribution in [0.1, 0.15) is 11.1 Å². The number of nitrogens with two attached hydrogens (primary N) is 1. The van der Waals surface area contributed by atoms with Crippen molar-refractivity contribution in [3.8, 4) is 5.75 Å². The van der Waals surface area contributed by atoms with E-state index in [1.165, 1.54) is 6.07 Å². The van der Waals surface area contributed by atoms with E-state index in [0.717, 1.165) is 5.56 Å². The summed E-state index contributed by atoms with van der Waals surface area (Å²) in [6.45, 7) is 0. The van der Waals surface area contributed by atoms with E-state index in [4.69, 9.17) is 17.3 Å². The van der Waals surface area contributed by atoms with Crippen LogP contribution in [0.4, 0.5) is 11.4 Å². The Morgan fingerprint density at radius 3 is 2.52 bits per heavy atom. The summed E-state index contributed by atoms with van der Waals surface area (Å²) in [5.41, 5.74) is 9.33. The van der Waals surface area contributed by atoms with Crippen LogP contribution in [0.15, 0.2) is 71.9 Å². The molecule has 3 aromatic rings. The highest BCUT2D eigenvalue weighted by Gasteiger charge is 2.12. The Labute approximate surface area is 138 Å². The second kappa shape index (κ2) is 6.50. The lowest BCUT2D eigenvalue weighted by atomic mass is 10.0. The number of halogens is 1. The summed E-state index contributed by atoms with van der Waals surface area (Å²) in [6, 6.07) is 18.0. The normalized spacial score (nSPS) is 11.4. The summed E-state index contributed by atoms with van der Waals surface area (Å²) in [5.74, 6) is 0.109. The molecule has 0 aliphatic carbocycles. The molecule has 0 aliphatic heterocycles. The molecule has 0 saturated heterocycles. The van der Waals surface area contributed by atoms with E-state index >= 15 is 0 Å². The molecule has 1 heterocycles. The van der Waals surface area contributed by atoms with Crippen molar-refractivity contribution in [2.75, 3.05) is 5.73 Å². The molecular weight excluding hydrogens is 310 g/mol. The number of nitrogen functional groups attached to an aromatic ring is 1. The molecule has 114 valence electrons. The molecule has 3 rings (SSSR count). The highest BCUT2D eigenvalue weighted by molar-refractivity contribution is 6.32. The topological polar surface area (TPSA) is 71.5 Å². The van der Waals surface area contributed by atoms with Gasteiger partial charge in [-0.25, -0.2) is 9.98 Å². The zero-order valence-corrected chi connectivity index (χ0v) is 12.9. The molecule has 0 saturated carbocycles. The first kappa shape index (κ1) is 15.1. The standard InChI is InChI=1S/C18H14ClN3O/c19-18-16(7-4-10-21-18)22-17(12-5-2-1-3-6-12)14-9-8-13(23)11-15(14)20/h1-11,23H,20H2/b22-17-. The Morgan fingerprint density at radius 1 is 1.04 bits per heavy atom. The summed E-state index contributed by atoms with van der Waals surface area (Å²) in [7, 11) is 0. The summed E-state index contributed by atoms with van der Waals surface area (Å²) in [5, 5.41) is 9.89. The van der Waals surface area contributed by atoms with E-state index in [1.807, 2.05) is 30.3 Å². The lowest BCUT2D eigenvalue weighted by Gasteiger charge is -2.11. The smallest absolute Gasteiger partial charge is 0.154 e. The Hall–Kier alpha value is -2.85. The number of aromatic nitrogens is 1. The zero-order chi connectivity index (χ0) is 16.2. The first-order valence-electron chi connectivity index (χ1n) is 6.98. The summed E-state index contributed by atoms with van der Waals surface area (Å²) in [4.78, 5) is 8.69. The van der Waals surface area contributed by atoms with Gasteiger partial charge in [-0.05, 0) is 24.3 Å². The van der Waals surface area contributed by atoms with Crippen molar-refractivity contribution in [3.05, 3.63) is 83.1 Å². The van der Waals surface area contributed by atoms with E-state index in [0.29, 0.717) is 27.8 Å². The van der Waals surface area contributed by atoms with Gasteiger partial charge in [0, 0.05) is 29.1 Å². The minimum Gasteiger partial charge on any atom is -0.508 e. The molecule has 0 amide bonds. The molecule has 0 fully saturated rings. The van der Waals surface area contributed by atoms with Gasteiger partial charge in [-0.15, -0.1) is 0 Å². The van der Waals surface area contributed by atoms with Crippen LogP contribution < -0.4 is 5.73 Å². The van der Waals surface area contributed by atoms with Gasteiger partial charge in [0.2, 0.25) is 0 Å². The number of pyridine rings is 1. The summed E-state index contributed by atoms with van der Waals surface area (Å²) in [6.07, 6.45) is 1.61. The molecule has 0 spiro atoms. The van der Waals surface area contributed by atoms with Gasteiger partial charge >= 0.3 is 0 Å². The Kier molecular flexibility index (Phi) is 4.26. The number of anilines is 1. The van der Waals surface area contributed by atoms with Crippen molar-refractivity contribution in [3.63, 3.8) is 0 Å². The van der Waals surface area contributed by atoms with E-state index in [1.54, 1.807) is 30.5 Å². The second-order valence-electron chi connectivity index (χ2n) is 4.91. The number of benzene rings is 2. The maximum Gasteiger partial charge on any atom is 0.154 e. The molecule has 2 aromatic carbocycles. The van der Waals surface area contributed by atoms with E-state index < -0.39 is 0 Å². The zero-order valence-electron chi connectivity index (χ0n) is 12.1. The van der Waals surface area contributed by atoms with Gasteiger partial charge in [0.05, 0.1) is 5.71 Å². The number of rotatable bonds is 3. The minimum atomic E-state index is 0.109. The molecule has 3 N–H and O–H groups in total. The Balaban J connectivity index is 2.21. The number of aliphatic imine (C=N–C) groups is 1. The summed E-state index contributed by atoms with van der Waals surface area (Å²) < 4.78 is 0. The van der Waals surface area contributed by atoms with Gasteiger partial charge in [0.15, 0.2) is 5.15 Å². The van der Waals surface area contributed by atoms with Crippen molar-refractivity contribution in [2.45, 2.75) is 0 Å². The van der Waals surface area contributed by atoms with E-state index in [9.17, 15) is 5.11 Å². The van der Waals surface area contributed by atoms with Gasteiger partial charge in [-0.1, -0.05) is 41.9 Å². The fourth-order valence-electron chi connectivity index (χ4n) is 2.22. The molecule has 1 aromatic heterocycles. The lowest BCUT2D eigenvalue weighted by Crippen LogP contribution is -2.06. The van der Waals surface area contributed by atoms with Gasteiger partial charge in [-0.3, -0.25) is 0 Å². The molecule has 4 nitrogen and oxygen atoms in total. The third kappa shape index (κ3) is 3.33. The maximum absolute atomic E-state index is 9.57. The van der Waals surface area contributed by atoms with Crippen LogP contribution in [-0.2, 0) is 0 Å². The van der Waals surface area contributed by atoms with Crippen LogP contribution >= 0.6 is 11.6 Å². The first-order chi connectivity index (χ1) is 11.1. The molecule has 0 aliphatic rings. The van der Waals surface area contributed by atoms with Crippen LogP contribution in [0.2, 0.25) is 5.15 Å². The highest BCUT2D eigenvalue weighted by Crippen LogP contribution is 2.27. The molecule has 23 heavy (non-hydrogen) atoms. The quantitative estimate of drug-likeness (QED) is 0.431. The van der Waals surface area contributed by atoms with Crippen LogP contribution in [0.25, 0.3) is 0 Å². The fraction of sp³-hybridized carbons (Fsp3) is 0. The minimum absolute atomic E-state index is 0.109. The lowest BCUT2D eigenvalue weighted by molar-refractivity contribution is 0.475. The number of phenols is 1. The summed E-state index contributed by atoms with van der Waals surface area (Å²) >= 11 is 6.12. The monoisotopic (exact) mass is 323 g/mol. The van der Waals surface area contributed by atoms with Gasteiger partial charge in [0.25, 0.3) is 0 Å². The Bertz CT molecular complexity index is 863. The van der Waals surface area contributed by atoms with Gasteiger partial charge < -0.3 is 10.8 Å². The largest absolute Gasteiger partial charge is 0.508 e. The van der Waals surface area contributed by atoms with Crippen LogP contribution in [0.5, 0.6) is 5.75 Å². The van der Waals surface area contributed by atoms with Crippen molar-refractivity contribution < 1.29 is 5.11 Å². The molecule has 0 unspecified atom stereocenters. The molecular formula is C18H14ClN3O. The second-order valence-corrected chi connectivity index (χ2v) is 5.27. The predicted molar refractivity (Wildman–Crippen MR) is 93.5 cm³/mol. The van der Waals surface area contributed by atoms with Crippen LogP contribution in [0.3, 0.4) is 0 Å². The van der Waals surface area contributed by atoms with E-state index in [2.05, 4.69) is 9.98 Å². The molecule has 5 heteroatoms. The van der Waals surface area contributed by atoms with Crippen LogP contribution in [0, 0.1) is 0 Å². The predicted octanol–water partition coefficient (Wildman–Crippen LogP) is 4.19. The molecule has 0 atom stereocenters. The Morgan fingerprint density at radius 2 is 1.83 bits per heavy atom. The average molecular weight is 324 g/mol. The number of aromatic hydroxyl groups is 1. The average Bonchev–Trinajstić information content (AvgIpc) is 2.56. The third-order valence-corrected chi connectivity index (χ3v) is 3.60. The fourth-order valence-corrected chi connectivity index (χ4v) is 2.39. The SMILES string of the molecule is Nc1cc(O)ccc1/C(=N\c1cccnc1Cl)c1ccccc1. The third-order valence-electron chi connectivity index (χ3n) is 3.31. The number of hydrogen-bond donors (Lipinski definition) is 2.